The zero-order valence-electron chi connectivity index (χ0n) is 10.4. The molecule has 0 spiro atoms. The number of nitrogen functional groups attached to an aromatic ring is 1. The van der Waals surface area contributed by atoms with Gasteiger partial charge in [-0.05, 0) is 40.5 Å². The zero-order valence-corrected chi connectivity index (χ0v) is 12.0. The second-order valence-electron chi connectivity index (χ2n) is 4.22. The Kier molecular flexibility index (Phi) is 3.89. The van der Waals surface area contributed by atoms with E-state index >= 15 is 0 Å². The van der Waals surface area contributed by atoms with E-state index in [1.165, 1.54) is 0 Å². The summed E-state index contributed by atoms with van der Waals surface area (Å²) in [5.41, 5.74) is 6.58. The summed E-state index contributed by atoms with van der Waals surface area (Å²) < 4.78 is 38.7. The van der Waals surface area contributed by atoms with Gasteiger partial charge in [0.25, 0.3) is 0 Å². The van der Waals surface area contributed by atoms with Crippen LogP contribution >= 0.6 is 15.9 Å². The standard InChI is InChI=1S/C13H11BrF3N3/c1-7-3-2-4-9(12(7)14)20-10-5-11(13(15,16)17)19-6-8(10)18/h2-6H,18H2,1H3,(H,19,20). The van der Waals surface area contributed by atoms with E-state index in [1.807, 2.05) is 13.0 Å². The van der Waals surface area contributed by atoms with E-state index in [2.05, 4.69) is 26.2 Å². The highest BCUT2D eigenvalue weighted by Crippen LogP contribution is 2.34. The Morgan fingerprint density at radius 1 is 1.25 bits per heavy atom. The number of halogens is 4. The van der Waals surface area contributed by atoms with Crippen molar-refractivity contribution in [3.8, 4) is 0 Å². The Balaban J connectivity index is 2.41. The van der Waals surface area contributed by atoms with Crippen molar-refractivity contribution < 1.29 is 13.2 Å². The van der Waals surface area contributed by atoms with E-state index in [-0.39, 0.29) is 11.4 Å². The molecule has 1 aromatic heterocycles. The molecule has 3 nitrogen and oxygen atoms in total. The van der Waals surface area contributed by atoms with Gasteiger partial charge >= 0.3 is 6.18 Å². The number of alkyl halides is 3. The number of hydrogen-bond donors (Lipinski definition) is 2. The third-order valence-corrected chi connectivity index (χ3v) is 3.74. The van der Waals surface area contributed by atoms with E-state index in [4.69, 9.17) is 5.73 Å². The maximum Gasteiger partial charge on any atom is 0.433 e. The van der Waals surface area contributed by atoms with Crippen molar-refractivity contribution in [2.24, 2.45) is 0 Å². The van der Waals surface area contributed by atoms with Crippen LogP contribution in [-0.4, -0.2) is 4.98 Å². The van der Waals surface area contributed by atoms with Gasteiger partial charge in [0.05, 0.1) is 23.3 Å². The Morgan fingerprint density at radius 3 is 2.60 bits per heavy atom. The van der Waals surface area contributed by atoms with Crippen molar-refractivity contribution in [1.29, 1.82) is 0 Å². The van der Waals surface area contributed by atoms with Crippen molar-refractivity contribution in [3.63, 3.8) is 0 Å². The molecule has 1 aromatic carbocycles. The van der Waals surface area contributed by atoms with Gasteiger partial charge in [0.1, 0.15) is 5.69 Å². The average Bonchev–Trinajstić information content (AvgIpc) is 2.36. The van der Waals surface area contributed by atoms with Crippen molar-refractivity contribution in [2.75, 3.05) is 11.1 Å². The Hall–Kier alpha value is -1.76. The predicted molar refractivity (Wildman–Crippen MR) is 75.8 cm³/mol. The van der Waals surface area contributed by atoms with Gasteiger partial charge in [0, 0.05) is 4.47 Å². The van der Waals surface area contributed by atoms with Crippen molar-refractivity contribution in [1.82, 2.24) is 4.98 Å². The largest absolute Gasteiger partial charge is 0.433 e. The topological polar surface area (TPSA) is 50.9 Å². The van der Waals surface area contributed by atoms with Gasteiger partial charge in [-0.3, -0.25) is 0 Å². The van der Waals surface area contributed by atoms with E-state index in [0.717, 1.165) is 22.3 Å². The second-order valence-corrected chi connectivity index (χ2v) is 5.01. The van der Waals surface area contributed by atoms with Gasteiger partial charge in [0.15, 0.2) is 0 Å². The number of nitrogens with zero attached hydrogens (tertiary/aromatic N) is 1. The summed E-state index contributed by atoms with van der Waals surface area (Å²) in [5, 5.41) is 2.88. The summed E-state index contributed by atoms with van der Waals surface area (Å²) in [6, 6.07) is 6.31. The number of anilines is 3. The van der Waals surface area contributed by atoms with E-state index in [0.29, 0.717) is 5.69 Å². The molecule has 0 amide bonds. The molecule has 0 bridgehead atoms. The predicted octanol–water partition coefficient (Wildman–Crippen LogP) is 4.50. The van der Waals surface area contributed by atoms with E-state index in [9.17, 15) is 13.2 Å². The van der Waals surface area contributed by atoms with Crippen LogP contribution < -0.4 is 11.1 Å². The van der Waals surface area contributed by atoms with Crippen LogP contribution in [-0.2, 0) is 6.18 Å². The lowest BCUT2D eigenvalue weighted by Crippen LogP contribution is -2.09. The van der Waals surface area contributed by atoms with Crippen LogP contribution in [0.4, 0.5) is 30.2 Å². The molecule has 0 radical (unpaired) electrons. The first-order valence-corrected chi connectivity index (χ1v) is 6.43. The SMILES string of the molecule is Cc1cccc(Nc2cc(C(F)(F)F)ncc2N)c1Br. The van der Waals surface area contributed by atoms with E-state index < -0.39 is 11.9 Å². The van der Waals surface area contributed by atoms with Gasteiger partial charge < -0.3 is 11.1 Å². The Bertz CT molecular complexity index is 641. The Labute approximate surface area is 122 Å². The minimum absolute atomic E-state index is 0.145. The molecule has 2 rings (SSSR count). The average molecular weight is 346 g/mol. The normalized spacial score (nSPS) is 11.4. The first-order valence-electron chi connectivity index (χ1n) is 5.64. The summed E-state index contributed by atoms with van der Waals surface area (Å²) in [6.45, 7) is 1.88. The van der Waals surface area contributed by atoms with Gasteiger partial charge in [0.2, 0.25) is 0 Å². The third-order valence-electron chi connectivity index (χ3n) is 2.69. The fraction of sp³-hybridized carbons (Fsp3) is 0.154. The molecule has 0 fully saturated rings. The van der Waals surface area contributed by atoms with Crippen LogP contribution in [0, 0.1) is 6.92 Å². The molecule has 0 atom stereocenters. The molecule has 106 valence electrons. The molecular weight excluding hydrogens is 335 g/mol. The molecule has 20 heavy (non-hydrogen) atoms. The van der Waals surface area contributed by atoms with Crippen LogP contribution in [0.2, 0.25) is 0 Å². The lowest BCUT2D eigenvalue weighted by atomic mass is 10.2. The second kappa shape index (κ2) is 5.32. The number of rotatable bonds is 2. The van der Waals surface area contributed by atoms with Crippen LogP contribution in [0.15, 0.2) is 34.9 Å². The maximum atomic E-state index is 12.6. The van der Waals surface area contributed by atoms with Gasteiger partial charge in [-0.2, -0.15) is 13.2 Å². The molecule has 0 saturated heterocycles. The number of aryl methyl sites for hydroxylation is 1. The summed E-state index contributed by atoms with van der Waals surface area (Å²) >= 11 is 3.38. The first kappa shape index (κ1) is 14.6. The fourth-order valence-corrected chi connectivity index (χ4v) is 1.98. The monoisotopic (exact) mass is 345 g/mol. The first-order chi connectivity index (χ1) is 9.29. The highest BCUT2D eigenvalue weighted by molar-refractivity contribution is 9.10. The van der Waals surface area contributed by atoms with Crippen LogP contribution in [0.3, 0.4) is 0 Å². The molecule has 7 heteroatoms. The number of pyridine rings is 1. The molecule has 0 aliphatic carbocycles. The summed E-state index contributed by atoms with van der Waals surface area (Å²) in [7, 11) is 0. The number of benzene rings is 1. The quantitative estimate of drug-likeness (QED) is 0.842. The zero-order chi connectivity index (χ0) is 14.9. The summed E-state index contributed by atoms with van der Waals surface area (Å²) in [6.07, 6.45) is -3.51. The number of hydrogen-bond acceptors (Lipinski definition) is 3. The van der Waals surface area contributed by atoms with Crippen LogP contribution in [0.5, 0.6) is 0 Å². The fourth-order valence-electron chi connectivity index (χ4n) is 1.62. The summed E-state index contributed by atoms with van der Waals surface area (Å²) in [5.74, 6) is 0. The lowest BCUT2D eigenvalue weighted by molar-refractivity contribution is -0.141. The van der Waals surface area contributed by atoms with Crippen LogP contribution in [0.25, 0.3) is 0 Å². The molecule has 0 aliphatic rings. The molecule has 0 saturated carbocycles. The molecular formula is C13H11BrF3N3. The number of nitrogens with one attached hydrogen (secondary N) is 1. The Morgan fingerprint density at radius 2 is 1.95 bits per heavy atom. The lowest BCUT2D eigenvalue weighted by Gasteiger charge is -2.14. The van der Waals surface area contributed by atoms with E-state index in [1.54, 1.807) is 12.1 Å². The highest BCUT2D eigenvalue weighted by Gasteiger charge is 2.33. The van der Waals surface area contributed by atoms with Gasteiger partial charge in [-0.1, -0.05) is 12.1 Å². The van der Waals surface area contributed by atoms with Crippen molar-refractivity contribution in [3.05, 3.63) is 46.2 Å². The number of nitrogens with two attached hydrogens (primary N) is 1. The highest BCUT2D eigenvalue weighted by atomic mass is 79.9. The third kappa shape index (κ3) is 3.04. The minimum atomic E-state index is -4.51. The molecule has 2 aromatic rings. The molecule has 3 N–H and O–H groups in total. The number of aromatic nitrogens is 1. The van der Waals surface area contributed by atoms with Crippen LogP contribution in [0.1, 0.15) is 11.3 Å². The minimum Gasteiger partial charge on any atom is -0.396 e. The molecule has 1 heterocycles. The smallest absolute Gasteiger partial charge is 0.396 e. The molecule has 0 aliphatic heterocycles. The van der Waals surface area contributed by atoms with Crippen molar-refractivity contribution in [2.45, 2.75) is 13.1 Å². The maximum absolute atomic E-state index is 12.6. The van der Waals surface area contributed by atoms with Crippen molar-refractivity contribution >= 4 is 33.0 Å². The summed E-state index contributed by atoms with van der Waals surface area (Å²) in [4.78, 5) is 3.29. The molecule has 0 unspecified atom stereocenters. The van der Waals surface area contributed by atoms with Gasteiger partial charge in [-0.15, -0.1) is 0 Å². The van der Waals surface area contributed by atoms with Gasteiger partial charge in [-0.25, -0.2) is 4.98 Å².